The van der Waals surface area contributed by atoms with E-state index >= 15 is 0 Å². The van der Waals surface area contributed by atoms with Crippen molar-refractivity contribution >= 4 is 10.0 Å². The monoisotopic (exact) mass is 367 g/mol. The number of hydrogen-bond acceptors (Lipinski definition) is 3. The summed E-state index contributed by atoms with van der Waals surface area (Å²) in [6.45, 7) is 1.98. The van der Waals surface area contributed by atoms with Crippen molar-refractivity contribution in [3.8, 4) is 5.75 Å². The first kappa shape index (κ1) is 18.2. The molecule has 0 fully saturated rings. The van der Waals surface area contributed by atoms with Crippen LogP contribution in [0.2, 0.25) is 0 Å². The van der Waals surface area contributed by atoms with Gasteiger partial charge >= 0.3 is 0 Å². The Morgan fingerprint density at radius 1 is 0.846 bits per heavy atom. The highest BCUT2D eigenvalue weighted by molar-refractivity contribution is 7.89. The molecule has 5 heteroatoms. The predicted octanol–water partition coefficient (Wildman–Crippen LogP) is 4.07. The molecule has 26 heavy (non-hydrogen) atoms. The molecule has 0 aliphatic rings. The molecule has 0 bridgehead atoms. The smallest absolute Gasteiger partial charge is 0.241 e. The minimum atomic E-state index is -3.70. The van der Waals surface area contributed by atoms with Gasteiger partial charge in [0.1, 0.15) is 5.75 Å². The number of benzene rings is 3. The Balaban J connectivity index is 2.01. The first-order chi connectivity index (χ1) is 12.5. The van der Waals surface area contributed by atoms with Gasteiger partial charge in [-0.1, -0.05) is 54.6 Å². The second kappa shape index (κ2) is 7.72. The van der Waals surface area contributed by atoms with Crippen LogP contribution in [0.1, 0.15) is 22.7 Å². The molecule has 0 aliphatic heterocycles. The van der Waals surface area contributed by atoms with Crippen LogP contribution in [-0.2, 0) is 10.0 Å². The van der Waals surface area contributed by atoms with Gasteiger partial charge in [0, 0.05) is 0 Å². The van der Waals surface area contributed by atoms with Crippen molar-refractivity contribution < 1.29 is 13.2 Å². The Morgan fingerprint density at radius 3 is 2.08 bits per heavy atom. The van der Waals surface area contributed by atoms with E-state index < -0.39 is 16.1 Å². The minimum absolute atomic E-state index is 0.202. The third-order valence-electron chi connectivity index (χ3n) is 4.28. The Kier molecular flexibility index (Phi) is 5.40. The van der Waals surface area contributed by atoms with Crippen molar-refractivity contribution in [2.24, 2.45) is 0 Å². The molecule has 0 aromatic heterocycles. The second-order valence-corrected chi connectivity index (χ2v) is 7.71. The van der Waals surface area contributed by atoms with Gasteiger partial charge in [0.25, 0.3) is 0 Å². The number of methoxy groups -OCH3 is 1. The molecule has 0 spiro atoms. The summed E-state index contributed by atoms with van der Waals surface area (Å²) in [5.41, 5.74) is 2.84. The lowest BCUT2D eigenvalue weighted by molar-refractivity contribution is 0.414. The molecule has 0 amide bonds. The number of nitrogens with one attached hydrogen (secondary N) is 1. The van der Waals surface area contributed by atoms with E-state index in [-0.39, 0.29) is 4.90 Å². The lowest BCUT2D eigenvalue weighted by Crippen LogP contribution is -2.30. The van der Waals surface area contributed by atoms with Crippen LogP contribution in [0.15, 0.2) is 83.8 Å². The summed E-state index contributed by atoms with van der Waals surface area (Å²) in [6, 6.07) is 23.3. The van der Waals surface area contributed by atoms with E-state index in [4.69, 9.17) is 4.74 Å². The van der Waals surface area contributed by atoms with E-state index in [2.05, 4.69) is 4.72 Å². The first-order valence-corrected chi connectivity index (χ1v) is 9.76. The molecular formula is C21H21NO3S. The first-order valence-electron chi connectivity index (χ1n) is 8.28. The van der Waals surface area contributed by atoms with Crippen LogP contribution in [-0.4, -0.2) is 15.5 Å². The van der Waals surface area contributed by atoms with Crippen molar-refractivity contribution in [1.82, 2.24) is 4.72 Å². The minimum Gasteiger partial charge on any atom is -0.497 e. The largest absolute Gasteiger partial charge is 0.497 e. The zero-order chi connectivity index (χ0) is 18.6. The maximum absolute atomic E-state index is 12.9. The van der Waals surface area contributed by atoms with Crippen molar-refractivity contribution in [1.29, 1.82) is 0 Å². The number of aryl methyl sites for hydroxylation is 1. The van der Waals surface area contributed by atoms with Gasteiger partial charge in [-0.2, -0.15) is 4.72 Å². The van der Waals surface area contributed by atoms with Gasteiger partial charge < -0.3 is 4.74 Å². The Labute approximate surface area is 154 Å². The Morgan fingerprint density at radius 2 is 1.46 bits per heavy atom. The third kappa shape index (κ3) is 3.95. The quantitative estimate of drug-likeness (QED) is 0.714. The molecule has 0 heterocycles. The van der Waals surface area contributed by atoms with Crippen molar-refractivity contribution in [3.05, 3.63) is 95.6 Å². The SMILES string of the molecule is COc1ccc(S(=O)(=O)NC(c2ccccc2)c2ccccc2C)cc1. The van der Waals surface area contributed by atoms with Crippen LogP contribution in [0, 0.1) is 6.92 Å². The maximum atomic E-state index is 12.9. The zero-order valence-electron chi connectivity index (χ0n) is 14.7. The highest BCUT2D eigenvalue weighted by atomic mass is 32.2. The lowest BCUT2D eigenvalue weighted by atomic mass is 9.96. The number of sulfonamides is 1. The number of hydrogen-bond donors (Lipinski definition) is 1. The summed E-state index contributed by atoms with van der Waals surface area (Å²) in [5.74, 6) is 0.613. The topological polar surface area (TPSA) is 55.4 Å². The van der Waals surface area contributed by atoms with Crippen molar-refractivity contribution in [3.63, 3.8) is 0 Å². The van der Waals surface area contributed by atoms with Crippen LogP contribution in [0.3, 0.4) is 0 Å². The fourth-order valence-electron chi connectivity index (χ4n) is 2.85. The molecule has 0 saturated heterocycles. The van der Waals surface area contributed by atoms with Crippen molar-refractivity contribution in [2.45, 2.75) is 17.9 Å². The van der Waals surface area contributed by atoms with Crippen molar-refractivity contribution in [2.75, 3.05) is 7.11 Å². The molecule has 0 saturated carbocycles. The average molecular weight is 367 g/mol. The van der Waals surface area contributed by atoms with Gasteiger partial charge in [0.2, 0.25) is 10.0 Å². The highest BCUT2D eigenvalue weighted by Crippen LogP contribution is 2.27. The van der Waals surface area contributed by atoms with Crippen LogP contribution in [0.25, 0.3) is 0 Å². The summed E-state index contributed by atoms with van der Waals surface area (Å²) in [6.07, 6.45) is 0. The molecular weight excluding hydrogens is 346 g/mol. The van der Waals surface area contributed by atoms with E-state index in [1.165, 1.54) is 0 Å². The molecule has 1 atom stereocenters. The van der Waals surface area contributed by atoms with Crippen LogP contribution < -0.4 is 9.46 Å². The average Bonchev–Trinajstić information content (AvgIpc) is 2.67. The standard InChI is InChI=1S/C21H21NO3S/c1-16-8-6-7-11-20(16)21(17-9-4-3-5-10-17)22-26(23,24)19-14-12-18(25-2)13-15-19/h3-15,21-22H,1-2H3. The summed E-state index contributed by atoms with van der Waals surface area (Å²) in [4.78, 5) is 0.202. The summed E-state index contributed by atoms with van der Waals surface area (Å²) in [7, 11) is -2.16. The molecule has 1 unspecified atom stereocenters. The van der Waals surface area contributed by atoms with Crippen LogP contribution >= 0.6 is 0 Å². The second-order valence-electron chi connectivity index (χ2n) is 6.00. The molecule has 1 N–H and O–H groups in total. The fraction of sp³-hybridized carbons (Fsp3) is 0.143. The van der Waals surface area contributed by atoms with Gasteiger partial charge in [0.05, 0.1) is 18.0 Å². The van der Waals surface area contributed by atoms with Crippen LogP contribution in [0.4, 0.5) is 0 Å². The summed E-state index contributed by atoms with van der Waals surface area (Å²) < 4.78 is 33.9. The normalized spacial score (nSPS) is 12.5. The lowest BCUT2D eigenvalue weighted by Gasteiger charge is -2.21. The van der Waals surface area contributed by atoms with Gasteiger partial charge in [0.15, 0.2) is 0 Å². The molecule has 3 aromatic rings. The fourth-order valence-corrected chi connectivity index (χ4v) is 4.05. The summed E-state index contributed by atoms with van der Waals surface area (Å²) in [5, 5.41) is 0. The Hall–Kier alpha value is -2.63. The van der Waals surface area contributed by atoms with E-state index in [1.807, 2.05) is 61.5 Å². The number of rotatable bonds is 6. The zero-order valence-corrected chi connectivity index (χ0v) is 15.5. The molecule has 4 nitrogen and oxygen atoms in total. The predicted molar refractivity (Wildman–Crippen MR) is 103 cm³/mol. The van der Waals surface area contributed by atoms with Gasteiger partial charge in [-0.25, -0.2) is 8.42 Å². The Bertz CT molecular complexity index is 968. The van der Waals surface area contributed by atoms with E-state index in [1.54, 1.807) is 31.4 Å². The van der Waals surface area contributed by atoms with E-state index in [0.717, 1.165) is 16.7 Å². The van der Waals surface area contributed by atoms with Gasteiger partial charge in [-0.3, -0.25) is 0 Å². The van der Waals surface area contributed by atoms with E-state index in [0.29, 0.717) is 5.75 Å². The molecule has 134 valence electrons. The van der Waals surface area contributed by atoms with Gasteiger partial charge in [-0.15, -0.1) is 0 Å². The molecule has 3 rings (SSSR count). The van der Waals surface area contributed by atoms with Crippen LogP contribution in [0.5, 0.6) is 5.75 Å². The third-order valence-corrected chi connectivity index (χ3v) is 5.71. The highest BCUT2D eigenvalue weighted by Gasteiger charge is 2.23. The maximum Gasteiger partial charge on any atom is 0.241 e. The molecule has 3 aromatic carbocycles. The summed E-state index contributed by atoms with van der Waals surface area (Å²) >= 11 is 0. The van der Waals surface area contributed by atoms with E-state index in [9.17, 15) is 8.42 Å². The number of ether oxygens (including phenoxy) is 1. The molecule has 0 aliphatic carbocycles. The molecule has 0 radical (unpaired) electrons. The van der Waals surface area contributed by atoms with Gasteiger partial charge in [-0.05, 0) is 47.9 Å².